The third kappa shape index (κ3) is 5.46. The third-order valence-electron chi connectivity index (χ3n) is 8.47. The van der Waals surface area contributed by atoms with Crippen LogP contribution in [-0.2, 0) is 4.79 Å². The Morgan fingerprint density at radius 2 is 1.30 bits per heavy atom. The monoisotopic (exact) mass is 514 g/mol. The zero-order valence-corrected chi connectivity index (χ0v) is 25.2. The lowest BCUT2D eigenvalue weighted by Crippen LogP contribution is -2.50. The number of Topliss-reactive ketones (excluding diaryl/α,β-unsaturated/α-hetero) is 1. The number of carbonyl (C=O) groups excluding carboxylic acids is 1. The maximum atomic E-state index is 13.9. The normalized spacial score (nSPS) is 23.1. The Labute approximate surface area is 226 Å². The van der Waals surface area contributed by atoms with E-state index in [1.807, 2.05) is 0 Å². The molecule has 2 atom stereocenters. The molecule has 1 fully saturated rings. The van der Waals surface area contributed by atoms with Gasteiger partial charge in [-0.05, 0) is 102 Å². The fourth-order valence-corrected chi connectivity index (χ4v) is 6.54. The summed E-state index contributed by atoms with van der Waals surface area (Å²) in [5.74, 6) is 0.280. The predicted octanol–water partition coefficient (Wildman–Crippen LogP) is 6.90. The molecule has 0 amide bonds. The van der Waals surface area contributed by atoms with Crippen LogP contribution in [-0.4, -0.2) is 52.6 Å². The number of likely N-dealkylation sites (N-methyl/N-ethyl adjacent to an activating group) is 1. The molecule has 2 aliphatic heterocycles. The van der Waals surface area contributed by atoms with Crippen molar-refractivity contribution < 1.29 is 4.79 Å². The number of hydrogen-bond acceptors (Lipinski definition) is 3. The topological polar surface area (TPSA) is 23.6 Å². The molecule has 0 aliphatic carbocycles. The standard InChI is InChI=1S/C33H43N2OP/c1-21-10-12-25(23(3)14-21)16-27-19-35(31(37)29-18-32(5,6)34(9)33(29,7)8)20-28(30(27)36)17-26-13-11-22(2)15-24(26)4/h10-18,31H,19-20,37H2,1-9H3/b27-16+,28-17+. The van der Waals surface area contributed by atoms with Crippen LogP contribution in [0.15, 0.2) is 59.2 Å². The molecule has 196 valence electrons. The van der Waals surface area contributed by atoms with Gasteiger partial charge in [-0.2, -0.15) is 0 Å². The summed E-state index contributed by atoms with van der Waals surface area (Å²) >= 11 is 0. The Morgan fingerprint density at radius 3 is 1.68 bits per heavy atom. The zero-order valence-electron chi connectivity index (χ0n) is 24.1. The number of carbonyl (C=O) groups is 1. The van der Waals surface area contributed by atoms with E-state index in [4.69, 9.17) is 0 Å². The van der Waals surface area contributed by atoms with Crippen molar-refractivity contribution >= 4 is 27.2 Å². The van der Waals surface area contributed by atoms with Crippen molar-refractivity contribution in [3.63, 3.8) is 0 Å². The highest BCUT2D eigenvalue weighted by atomic mass is 31.0. The molecule has 0 saturated carbocycles. The fourth-order valence-electron chi connectivity index (χ4n) is 5.82. The minimum absolute atomic E-state index is 0.0192. The van der Waals surface area contributed by atoms with Gasteiger partial charge in [0, 0.05) is 41.1 Å². The molecule has 0 radical (unpaired) electrons. The van der Waals surface area contributed by atoms with Crippen LogP contribution in [0.25, 0.3) is 12.2 Å². The number of rotatable bonds is 4. The number of ketones is 1. The molecule has 0 N–H and O–H groups in total. The Morgan fingerprint density at radius 1 is 0.838 bits per heavy atom. The van der Waals surface area contributed by atoms with Gasteiger partial charge in [0.15, 0.2) is 5.78 Å². The molecule has 2 heterocycles. The molecule has 2 aromatic carbocycles. The second-order valence-corrected chi connectivity index (χ2v) is 12.7. The fraction of sp³-hybridized carbons (Fsp3) is 0.424. The molecular formula is C33H43N2OP. The second kappa shape index (κ2) is 10.1. The summed E-state index contributed by atoms with van der Waals surface area (Å²) in [6.45, 7) is 18.9. The first kappa shape index (κ1) is 27.7. The van der Waals surface area contributed by atoms with Crippen molar-refractivity contribution in [2.75, 3.05) is 20.1 Å². The molecule has 1 saturated heterocycles. The molecule has 2 aromatic rings. The number of benzene rings is 2. The number of aryl methyl sites for hydroxylation is 4. The Bertz CT molecular complexity index is 1250. The molecule has 0 spiro atoms. The number of piperidine rings is 1. The van der Waals surface area contributed by atoms with E-state index in [2.05, 4.69) is 136 Å². The largest absolute Gasteiger partial charge is 0.289 e. The van der Waals surface area contributed by atoms with Gasteiger partial charge in [0.05, 0.1) is 0 Å². The maximum Gasteiger partial charge on any atom is 0.187 e. The van der Waals surface area contributed by atoms with Gasteiger partial charge in [-0.3, -0.25) is 14.6 Å². The lowest BCUT2D eigenvalue weighted by molar-refractivity contribution is -0.113. The molecule has 2 aliphatic rings. The van der Waals surface area contributed by atoms with E-state index in [-0.39, 0.29) is 22.6 Å². The highest BCUT2D eigenvalue weighted by Crippen LogP contribution is 2.43. The van der Waals surface area contributed by atoms with Crippen LogP contribution in [0.1, 0.15) is 61.1 Å². The van der Waals surface area contributed by atoms with E-state index in [1.165, 1.54) is 27.8 Å². The van der Waals surface area contributed by atoms with Crippen LogP contribution >= 0.6 is 9.24 Å². The average molecular weight is 515 g/mol. The molecule has 0 aromatic heterocycles. The molecule has 4 heteroatoms. The highest BCUT2D eigenvalue weighted by Gasteiger charge is 2.46. The summed E-state index contributed by atoms with van der Waals surface area (Å²) < 4.78 is 0. The van der Waals surface area contributed by atoms with Gasteiger partial charge in [-0.25, -0.2) is 0 Å². The molecule has 4 rings (SSSR count). The van der Waals surface area contributed by atoms with Crippen molar-refractivity contribution in [2.24, 2.45) is 0 Å². The molecule has 2 unspecified atom stereocenters. The van der Waals surface area contributed by atoms with Gasteiger partial charge < -0.3 is 0 Å². The van der Waals surface area contributed by atoms with Gasteiger partial charge in [-0.1, -0.05) is 53.6 Å². The summed E-state index contributed by atoms with van der Waals surface area (Å²) in [5.41, 5.74) is 10.1. The van der Waals surface area contributed by atoms with E-state index in [1.54, 1.807) is 0 Å². The van der Waals surface area contributed by atoms with Crippen LogP contribution < -0.4 is 0 Å². The van der Waals surface area contributed by atoms with E-state index in [9.17, 15) is 4.79 Å². The van der Waals surface area contributed by atoms with E-state index < -0.39 is 0 Å². The predicted molar refractivity (Wildman–Crippen MR) is 162 cm³/mol. The van der Waals surface area contributed by atoms with Crippen molar-refractivity contribution in [2.45, 2.75) is 72.3 Å². The quantitative estimate of drug-likeness (QED) is 0.252. The van der Waals surface area contributed by atoms with Crippen molar-refractivity contribution in [3.8, 4) is 0 Å². The number of hydrogen-bond donors (Lipinski definition) is 0. The minimum atomic E-state index is -0.0772. The number of likely N-dealkylation sites (tertiary alicyclic amines) is 1. The van der Waals surface area contributed by atoms with Crippen LogP contribution in [0.4, 0.5) is 0 Å². The van der Waals surface area contributed by atoms with Crippen molar-refractivity contribution in [1.82, 2.24) is 9.80 Å². The third-order valence-corrected chi connectivity index (χ3v) is 9.25. The minimum Gasteiger partial charge on any atom is -0.289 e. The highest BCUT2D eigenvalue weighted by molar-refractivity contribution is 7.18. The lowest BCUT2D eigenvalue weighted by atomic mass is 9.90. The summed E-state index contributed by atoms with van der Waals surface area (Å²) in [7, 11) is 5.30. The van der Waals surface area contributed by atoms with Gasteiger partial charge >= 0.3 is 0 Å². The SMILES string of the molecule is Cc1ccc(/C=C2\CN(C(P)C3=CC(C)(C)N(C)C3(C)C)C/C(=C\c3ccc(C)cc3C)C2=O)c(C)c1. The Kier molecular flexibility index (Phi) is 7.56. The Balaban J connectivity index is 1.79. The molecule has 0 bridgehead atoms. The smallest absolute Gasteiger partial charge is 0.187 e. The summed E-state index contributed by atoms with van der Waals surface area (Å²) in [5, 5.41) is 0. The van der Waals surface area contributed by atoms with Gasteiger partial charge in [0.2, 0.25) is 0 Å². The van der Waals surface area contributed by atoms with Gasteiger partial charge in [0.1, 0.15) is 0 Å². The summed E-state index contributed by atoms with van der Waals surface area (Å²) in [6.07, 6.45) is 6.64. The zero-order chi connectivity index (χ0) is 27.3. The number of nitrogens with zero attached hydrogens (tertiary/aromatic N) is 2. The van der Waals surface area contributed by atoms with Crippen molar-refractivity contribution in [1.29, 1.82) is 0 Å². The van der Waals surface area contributed by atoms with E-state index >= 15 is 0 Å². The molecule has 37 heavy (non-hydrogen) atoms. The van der Waals surface area contributed by atoms with Crippen LogP contribution in [0, 0.1) is 27.7 Å². The van der Waals surface area contributed by atoms with Crippen molar-refractivity contribution in [3.05, 3.63) is 92.6 Å². The van der Waals surface area contributed by atoms with Gasteiger partial charge in [0.25, 0.3) is 0 Å². The molecule has 3 nitrogen and oxygen atoms in total. The average Bonchev–Trinajstić information content (AvgIpc) is 2.98. The lowest BCUT2D eigenvalue weighted by Gasteiger charge is -2.42. The van der Waals surface area contributed by atoms with Crippen LogP contribution in [0.5, 0.6) is 0 Å². The molecular weight excluding hydrogens is 471 g/mol. The summed E-state index contributed by atoms with van der Waals surface area (Å²) in [4.78, 5) is 18.8. The Hall–Kier alpha value is -2.32. The maximum absolute atomic E-state index is 13.9. The van der Waals surface area contributed by atoms with Gasteiger partial charge in [-0.15, -0.1) is 9.24 Å². The second-order valence-electron chi connectivity index (χ2n) is 12.1. The van der Waals surface area contributed by atoms with Crippen LogP contribution in [0.2, 0.25) is 0 Å². The van der Waals surface area contributed by atoms with Crippen LogP contribution in [0.3, 0.4) is 0 Å². The summed E-state index contributed by atoms with van der Waals surface area (Å²) in [6, 6.07) is 12.9. The van der Waals surface area contributed by atoms with E-state index in [0.29, 0.717) is 13.1 Å². The van der Waals surface area contributed by atoms with E-state index in [0.717, 1.165) is 22.3 Å². The first-order valence-corrected chi connectivity index (χ1v) is 13.9. The first-order chi connectivity index (χ1) is 17.2. The first-order valence-electron chi connectivity index (χ1n) is 13.3.